The maximum Gasteiger partial charge on any atom is 0.234 e. The molecule has 0 aliphatic carbocycles. The van der Waals surface area contributed by atoms with Crippen molar-refractivity contribution in [1.29, 1.82) is 0 Å². The summed E-state index contributed by atoms with van der Waals surface area (Å²) in [5.41, 5.74) is 1.02. The van der Waals surface area contributed by atoms with E-state index in [1.165, 1.54) is 0 Å². The summed E-state index contributed by atoms with van der Waals surface area (Å²) in [4.78, 5) is 3.21. The van der Waals surface area contributed by atoms with Crippen molar-refractivity contribution < 1.29 is 4.74 Å². The van der Waals surface area contributed by atoms with Crippen LogP contribution in [0.15, 0.2) is 24.3 Å². The molecule has 1 aliphatic heterocycles. The van der Waals surface area contributed by atoms with Crippen molar-refractivity contribution in [2.24, 2.45) is 0 Å². The second-order valence-electron chi connectivity index (χ2n) is 6.17. The van der Waals surface area contributed by atoms with E-state index < -0.39 is 0 Å². The van der Waals surface area contributed by atoms with Crippen LogP contribution in [0.1, 0.15) is 31.5 Å². The minimum atomic E-state index is 0.438. The quantitative estimate of drug-likeness (QED) is 0.729. The molecule has 24 heavy (non-hydrogen) atoms. The van der Waals surface area contributed by atoms with E-state index in [0.29, 0.717) is 12.5 Å². The van der Waals surface area contributed by atoms with Gasteiger partial charge in [0.1, 0.15) is 5.75 Å². The number of benzene rings is 1. The number of ether oxygens (including phenoxy) is 1. The van der Waals surface area contributed by atoms with Crippen molar-refractivity contribution in [3.63, 3.8) is 0 Å². The van der Waals surface area contributed by atoms with Crippen LogP contribution in [0.4, 0.5) is 0 Å². The van der Waals surface area contributed by atoms with Crippen LogP contribution in [0.2, 0.25) is 0 Å². The first-order chi connectivity index (χ1) is 11.8. The van der Waals surface area contributed by atoms with Gasteiger partial charge in [-0.2, -0.15) is 9.61 Å². The number of para-hydroxylation sites is 1. The molecule has 2 aromatic heterocycles. The van der Waals surface area contributed by atoms with Gasteiger partial charge < -0.3 is 9.64 Å². The fraction of sp³-hybridized carbons (Fsp3) is 0.471. The van der Waals surface area contributed by atoms with Crippen LogP contribution in [-0.2, 0) is 0 Å². The van der Waals surface area contributed by atoms with Crippen LogP contribution in [0.5, 0.6) is 5.75 Å². The van der Waals surface area contributed by atoms with Gasteiger partial charge in [0.15, 0.2) is 10.8 Å². The molecule has 0 atom stereocenters. The van der Waals surface area contributed by atoms with Crippen molar-refractivity contribution in [2.45, 2.75) is 25.7 Å². The number of likely N-dealkylation sites (tertiary alicyclic amines) is 1. The van der Waals surface area contributed by atoms with Gasteiger partial charge in [-0.25, -0.2) is 0 Å². The number of hydrogen-bond donors (Lipinski definition) is 0. The Morgan fingerprint density at radius 2 is 2.00 bits per heavy atom. The van der Waals surface area contributed by atoms with Crippen molar-refractivity contribution in [3.05, 3.63) is 30.1 Å². The van der Waals surface area contributed by atoms with E-state index in [-0.39, 0.29) is 0 Å². The third kappa shape index (κ3) is 2.78. The Hall–Kier alpha value is -1.99. The Morgan fingerprint density at radius 1 is 1.21 bits per heavy atom. The van der Waals surface area contributed by atoms with Gasteiger partial charge in [0.2, 0.25) is 4.96 Å². The molecule has 126 valence electrons. The Balaban J connectivity index is 1.70. The Labute approximate surface area is 145 Å². The summed E-state index contributed by atoms with van der Waals surface area (Å²) in [6, 6.07) is 8.03. The zero-order valence-corrected chi connectivity index (χ0v) is 14.8. The second kappa shape index (κ2) is 6.49. The van der Waals surface area contributed by atoms with E-state index in [9.17, 15) is 0 Å². The highest BCUT2D eigenvalue weighted by Crippen LogP contribution is 2.34. The number of nitrogens with zero attached hydrogens (tertiary/aromatic N) is 5. The summed E-state index contributed by atoms with van der Waals surface area (Å²) in [7, 11) is 2.17. The highest BCUT2D eigenvalue weighted by atomic mass is 32.1. The number of aromatic nitrogens is 4. The van der Waals surface area contributed by atoms with Gasteiger partial charge in [0, 0.05) is 5.92 Å². The molecule has 0 radical (unpaired) electrons. The Bertz CT molecular complexity index is 834. The minimum Gasteiger partial charge on any atom is -0.493 e. The zero-order valence-electron chi connectivity index (χ0n) is 14.0. The van der Waals surface area contributed by atoms with Crippen LogP contribution < -0.4 is 4.74 Å². The number of piperidine rings is 1. The van der Waals surface area contributed by atoms with Gasteiger partial charge in [-0.1, -0.05) is 23.5 Å². The van der Waals surface area contributed by atoms with E-state index >= 15 is 0 Å². The van der Waals surface area contributed by atoms with Crippen LogP contribution in [0.3, 0.4) is 0 Å². The maximum absolute atomic E-state index is 5.74. The summed E-state index contributed by atoms with van der Waals surface area (Å²) in [6.07, 6.45) is 2.22. The lowest BCUT2D eigenvalue weighted by molar-refractivity contribution is 0.250. The molecule has 3 heterocycles. The first-order valence-corrected chi connectivity index (χ1v) is 9.20. The maximum atomic E-state index is 5.74. The van der Waals surface area contributed by atoms with Crippen LogP contribution in [-0.4, -0.2) is 51.5 Å². The van der Waals surface area contributed by atoms with Crippen LogP contribution in [0.25, 0.3) is 15.5 Å². The lowest BCUT2D eigenvalue weighted by Gasteiger charge is -2.27. The summed E-state index contributed by atoms with van der Waals surface area (Å²) >= 11 is 1.56. The molecule has 0 unspecified atom stereocenters. The molecule has 1 aliphatic rings. The first kappa shape index (κ1) is 15.5. The summed E-state index contributed by atoms with van der Waals surface area (Å²) < 4.78 is 7.67. The third-order valence-corrected chi connectivity index (χ3v) is 5.45. The SMILES string of the molecule is CCOc1ccccc1-c1nn2c(C3CCN(C)CC3)nnc2s1. The molecule has 0 spiro atoms. The van der Waals surface area contributed by atoms with Gasteiger partial charge in [-0.05, 0) is 52.0 Å². The third-order valence-electron chi connectivity index (χ3n) is 4.52. The average Bonchev–Trinajstić information content (AvgIpc) is 3.17. The lowest BCUT2D eigenvalue weighted by atomic mass is 9.96. The van der Waals surface area contributed by atoms with Gasteiger partial charge >= 0.3 is 0 Å². The molecule has 0 saturated carbocycles. The van der Waals surface area contributed by atoms with E-state index in [0.717, 1.165) is 53.0 Å². The van der Waals surface area contributed by atoms with E-state index in [4.69, 9.17) is 9.84 Å². The summed E-state index contributed by atoms with van der Waals surface area (Å²) in [5.74, 6) is 2.30. The van der Waals surface area contributed by atoms with Crippen molar-refractivity contribution in [3.8, 4) is 16.3 Å². The van der Waals surface area contributed by atoms with Crippen molar-refractivity contribution >= 4 is 16.3 Å². The number of hydrogen-bond acceptors (Lipinski definition) is 6. The molecule has 1 aromatic carbocycles. The molecule has 0 bridgehead atoms. The van der Waals surface area contributed by atoms with Gasteiger partial charge in [-0.15, -0.1) is 10.2 Å². The molecule has 0 amide bonds. The molecule has 6 nitrogen and oxygen atoms in total. The van der Waals surface area contributed by atoms with E-state index in [1.807, 2.05) is 35.7 Å². The predicted molar refractivity (Wildman–Crippen MR) is 94.7 cm³/mol. The minimum absolute atomic E-state index is 0.438. The second-order valence-corrected chi connectivity index (χ2v) is 7.12. The predicted octanol–water partition coefficient (Wildman–Crippen LogP) is 3.06. The normalized spacial score (nSPS) is 16.8. The smallest absolute Gasteiger partial charge is 0.234 e. The van der Waals surface area contributed by atoms with Gasteiger partial charge in [0.05, 0.1) is 12.2 Å². The molecule has 4 rings (SSSR count). The Kier molecular flexibility index (Phi) is 4.20. The molecular formula is C17H21N5OS. The first-order valence-electron chi connectivity index (χ1n) is 8.39. The molecule has 3 aromatic rings. The molecule has 1 fully saturated rings. The molecule has 1 saturated heterocycles. The van der Waals surface area contributed by atoms with Crippen LogP contribution >= 0.6 is 11.3 Å². The van der Waals surface area contributed by atoms with Crippen LogP contribution in [0, 0.1) is 0 Å². The highest BCUT2D eigenvalue weighted by Gasteiger charge is 2.25. The standard InChI is InChI=1S/C17H21N5OS/c1-3-23-14-7-5-4-6-13(14)16-20-22-15(18-19-17(22)24-16)12-8-10-21(2)11-9-12/h4-7,12H,3,8-11H2,1-2H3. The van der Waals surface area contributed by atoms with Gasteiger partial charge in [0.25, 0.3) is 0 Å². The fourth-order valence-electron chi connectivity index (χ4n) is 3.19. The number of rotatable bonds is 4. The molecule has 0 N–H and O–H groups in total. The largest absolute Gasteiger partial charge is 0.493 e. The summed E-state index contributed by atoms with van der Waals surface area (Å²) in [5, 5.41) is 14.5. The van der Waals surface area contributed by atoms with Crippen molar-refractivity contribution in [1.82, 2.24) is 24.7 Å². The molecule has 7 heteroatoms. The fourth-order valence-corrected chi connectivity index (χ4v) is 4.06. The summed E-state index contributed by atoms with van der Waals surface area (Å²) in [6.45, 7) is 4.84. The Morgan fingerprint density at radius 3 is 2.79 bits per heavy atom. The monoisotopic (exact) mass is 343 g/mol. The van der Waals surface area contributed by atoms with E-state index in [2.05, 4.69) is 22.1 Å². The number of fused-ring (bicyclic) bond motifs is 1. The zero-order chi connectivity index (χ0) is 16.5. The average molecular weight is 343 g/mol. The highest BCUT2D eigenvalue weighted by molar-refractivity contribution is 7.19. The molecular weight excluding hydrogens is 322 g/mol. The van der Waals surface area contributed by atoms with Crippen molar-refractivity contribution in [2.75, 3.05) is 26.7 Å². The van der Waals surface area contributed by atoms with Gasteiger partial charge in [-0.3, -0.25) is 0 Å². The topological polar surface area (TPSA) is 55.6 Å². The van der Waals surface area contributed by atoms with E-state index in [1.54, 1.807) is 11.3 Å². The lowest BCUT2D eigenvalue weighted by Crippen LogP contribution is -2.30.